The van der Waals surface area contributed by atoms with Crippen LogP contribution in [-0.4, -0.2) is 30.0 Å². The van der Waals surface area contributed by atoms with Crippen molar-refractivity contribution < 1.29 is 18.7 Å². The van der Waals surface area contributed by atoms with E-state index in [1.54, 1.807) is 0 Å². The molecule has 1 spiro atoms. The number of carboxylic acid groups (broad SMARTS) is 1. The highest BCUT2D eigenvalue weighted by atomic mass is 19.3. The quantitative estimate of drug-likeness (QED) is 0.587. The molecule has 1 saturated heterocycles. The third-order valence-electron chi connectivity index (χ3n) is 3.35. The zero-order valence-electron chi connectivity index (χ0n) is 7.76. The number of hydrogen-bond acceptors (Lipinski definition) is 2. The van der Waals surface area contributed by atoms with Crippen LogP contribution in [0.3, 0.4) is 0 Å². The Labute approximate surface area is 80.7 Å². The highest BCUT2D eigenvalue weighted by molar-refractivity contribution is 5.62. The summed E-state index contributed by atoms with van der Waals surface area (Å²) in [6.45, 7) is 0.691. The van der Waals surface area contributed by atoms with Crippen LogP contribution in [0.25, 0.3) is 0 Å². The number of carbonyl (C=O) groups excluding carboxylic acids is 1. The van der Waals surface area contributed by atoms with Crippen molar-refractivity contribution in [3.05, 3.63) is 0 Å². The van der Waals surface area contributed by atoms with Crippen molar-refractivity contribution in [2.24, 2.45) is 5.41 Å². The number of hydrogen-bond donors (Lipinski definition) is 0. The second kappa shape index (κ2) is 2.81. The minimum Gasteiger partial charge on any atom is -0.530 e. The molecule has 2 aliphatic rings. The minimum atomic E-state index is -2.51. The summed E-state index contributed by atoms with van der Waals surface area (Å²) in [7, 11) is 0. The van der Waals surface area contributed by atoms with Gasteiger partial charge in [0.1, 0.15) is 6.09 Å². The van der Waals surface area contributed by atoms with E-state index in [-0.39, 0.29) is 18.3 Å². The molecule has 0 radical (unpaired) electrons. The molecule has 0 aromatic carbocycles. The lowest BCUT2D eigenvalue weighted by molar-refractivity contribution is -0.269. The minimum absolute atomic E-state index is 0.0686. The number of rotatable bonds is 0. The maximum Gasteiger partial charge on any atom is 0.249 e. The van der Waals surface area contributed by atoms with E-state index in [0.29, 0.717) is 25.9 Å². The van der Waals surface area contributed by atoms with E-state index < -0.39 is 12.0 Å². The number of likely N-dealkylation sites (tertiary alicyclic amines) is 1. The van der Waals surface area contributed by atoms with Gasteiger partial charge in [-0.3, -0.25) is 0 Å². The van der Waals surface area contributed by atoms with E-state index in [2.05, 4.69) is 0 Å². The lowest BCUT2D eigenvalue weighted by Crippen LogP contribution is -2.55. The van der Waals surface area contributed by atoms with Crippen molar-refractivity contribution in [1.82, 2.24) is 4.90 Å². The number of halogens is 2. The number of carbonyl (C=O) groups is 1. The molecule has 2 rings (SSSR count). The number of alkyl halides is 2. The van der Waals surface area contributed by atoms with Crippen molar-refractivity contribution in [2.45, 2.75) is 31.6 Å². The van der Waals surface area contributed by atoms with E-state index >= 15 is 0 Å². The smallest absolute Gasteiger partial charge is 0.249 e. The van der Waals surface area contributed by atoms with E-state index in [9.17, 15) is 18.7 Å². The second-order valence-corrected chi connectivity index (χ2v) is 4.46. The van der Waals surface area contributed by atoms with Crippen LogP contribution in [0.1, 0.15) is 25.7 Å². The predicted molar refractivity (Wildman–Crippen MR) is 42.8 cm³/mol. The first kappa shape index (κ1) is 9.68. The summed E-state index contributed by atoms with van der Waals surface area (Å²) in [5, 5.41) is 10.5. The first-order valence-corrected chi connectivity index (χ1v) is 4.76. The molecular weight excluding hydrogens is 192 g/mol. The standard InChI is InChI=1S/C9H13F2NO2/c10-9(11)5-8(6-9)1-3-12(4-2-8)7(13)14/h1-6H2,(H,13,14)/p-1. The largest absolute Gasteiger partial charge is 0.530 e. The molecule has 0 bridgehead atoms. The van der Waals surface area contributed by atoms with Gasteiger partial charge in [0.15, 0.2) is 0 Å². The molecule has 2 fully saturated rings. The van der Waals surface area contributed by atoms with Gasteiger partial charge in [0.25, 0.3) is 0 Å². The lowest BCUT2D eigenvalue weighted by Gasteiger charge is -2.52. The van der Waals surface area contributed by atoms with Crippen molar-refractivity contribution in [2.75, 3.05) is 13.1 Å². The van der Waals surface area contributed by atoms with Crippen molar-refractivity contribution in [3.63, 3.8) is 0 Å². The topological polar surface area (TPSA) is 43.4 Å². The summed E-state index contributed by atoms with van der Waals surface area (Å²) in [5.41, 5.74) is -0.282. The molecule has 0 aromatic heterocycles. The lowest BCUT2D eigenvalue weighted by atomic mass is 9.61. The van der Waals surface area contributed by atoms with E-state index in [4.69, 9.17) is 0 Å². The van der Waals surface area contributed by atoms with Gasteiger partial charge in [0.05, 0.1) is 0 Å². The summed E-state index contributed by atoms with van der Waals surface area (Å²) in [6, 6.07) is 0. The average molecular weight is 204 g/mol. The maximum absolute atomic E-state index is 12.7. The molecule has 80 valence electrons. The molecule has 1 heterocycles. The molecule has 0 N–H and O–H groups in total. The van der Waals surface area contributed by atoms with Gasteiger partial charge in [0, 0.05) is 25.9 Å². The van der Waals surface area contributed by atoms with Gasteiger partial charge in [-0.15, -0.1) is 0 Å². The Balaban J connectivity index is 1.89. The van der Waals surface area contributed by atoms with Crippen LogP contribution < -0.4 is 5.11 Å². The van der Waals surface area contributed by atoms with E-state index in [0.717, 1.165) is 0 Å². The number of nitrogens with zero attached hydrogens (tertiary/aromatic N) is 1. The Morgan fingerprint density at radius 1 is 1.21 bits per heavy atom. The fourth-order valence-electron chi connectivity index (χ4n) is 2.56. The Hall–Kier alpha value is -0.870. The summed E-state index contributed by atoms with van der Waals surface area (Å²) in [5.74, 6) is -2.51. The summed E-state index contributed by atoms with van der Waals surface area (Å²) < 4.78 is 25.4. The second-order valence-electron chi connectivity index (χ2n) is 4.46. The highest BCUT2D eigenvalue weighted by Crippen LogP contribution is 2.57. The Morgan fingerprint density at radius 2 is 1.71 bits per heavy atom. The molecular formula is C9H12F2NO2-. The van der Waals surface area contributed by atoms with E-state index in [1.165, 1.54) is 4.90 Å². The van der Waals surface area contributed by atoms with Crippen LogP contribution in [0.2, 0.25) is 0 Å². The van der Waals surface area contributed by atoms with Crippen LogP contribution in [0, 0.1) is 5.41 Å². The normalized spacial score (nSPS) is 28.6. The summed E-state index contributed by atoms with van der Waals surface area (Å²) in [6.07, 6.45) is -0.222. The molecule has 1 amide bonds. The van der Waals surface area contributed by atoms with Crippen molar-refractivity contribution >= 4 is 6.09 Å². The van der Waals surface area contributed by atoms with Crippen molar-refractivity contribution in [3.8, 4) is 0 Å². The van der Waals surface area contributed by atoms with Crippen LogP contribution in [-0.2, 0) is 0 Å². The zero-order chi connectivity index (χ0) is 10.4. The van der Waals surface area contributed by atoms with Gasteiger partial charge >= 0.3 is 0 Å². The Morgan fingerprint density at radius 3 is 2.07 bits per heavy atom. The van der Waals surface area contributed by atoms with Crippen LogP contribution in [0.5, 0.6) is 0 Å². The predicted octanol–water partition coefficient (Wildman–Crippen LogP) is 0.841. The van der Waals surface area contributed by atoms with Crippen LogP contribution in [0.15, 0.2) is 0 Å². The molecule has 5 heteroatoms. The van der Waals surface area contributed by atoms with Gasteiger partial charge in [-0.25, -0.2) is 8.78 Å². The summed E-state index contributed by atoms with van der Waals surface area (Å²) in [4.78, 5) is 11.7. The maximum atomic E-state index is 12.7. The van der Waals surface area contributed by atoms with Crippen molar-refractivity contribution in [1.29, 1.82) is 0 Å². The molecule has 0 atom stereocenters. The molecule has 0 unspecified atom stereocenters. The fourth-order valence-corrected chi connectivity index (χ4v) is 2.56. The highest BCUT2D eigenvalue weighted by Gasteiger charge is 2.56. The average Bonchev–Trinajstić information content (AvgIpc) is 2.01. The molecule has 1 saturated carbocycles. The van der Waals surface area contributed by atoms with Gasteiger partial charge in [-0.1, -0.05) is 0 Å². The van der Waals surface area contributed by atoms with Gasteiger partial charge in [-0.2, -0.15) is 0 Å². The molecule has 1 aliphatic heterocycles. The Kier molecular flexibility index (Phi) is 1.94. The molecule has 14 heavy (non-hydrogen) atoms. The fraction of sp³-hybridized carbons (Fsp3) is 0.889. The number of piperidine rings is 1. The monoisotopic (exact) mass is 204 g/mol. The van der Waals surface area contributed by atoms with Gasteiger partial charge in [0.2, 0.25) is 5.92 Å². The molecule has 3 nitrogen and oxygen atoms in total. The third-order valence-corrected chi connectivity index (χ3v) is 3.35. The van der Waals surface area contributed by atoms with Gasteiger partial charge in [-0.05, 0) is 18.3 Å². The van der Waals surface area contributed by atoms with Gasteiger partial charge < -0.3 is 14.8 Å². The summed E-state index contributed by atoms with van der Waals surface area (Å²) >= 11 is 0. The first-order chi connectivity index (χ1) is 6.43. The SMILES string of the molecule is O=C([O-])N1CCC2(CC1)CC(F)(F)C2. The molecule has 1 aliphatic carbocycles. The Bertz CT molecular complexity index is 250. The molecule has 0 aromatic rings. The zero-order valence-corrected chi connectivity index (χ0v) is 7.76. The first-order valence-electron chi connectivity index (χ1n) is 4.76. The number of amides is 1. The van der Waals surface area contributed by atoms with E-state index in [1.807, 2.05) is 0 Å². The van der Waals surface area contributed by atoms with Crippen LogP contribution >= 0.6 is 0 Å². The third kappa shape index (κ3) is 1.55. The van der Waals surface area contributed by atoms with Crippen LogP contribution in [0.4, 0.5) is 13.6 Å².